The first-order valence-corrected chi connectivity index (χ1v) is 4.32. The molecule has 0 aliphatic carbocycles. The van der Waals surface area contributed by atoms with Crippen LogP contribution in [0.1, 0.15) is 18.4 Å². The van der Waals surface area contributed by atoms with Crippen LogP contribution < -0.4 is 10.9 Å². The van der Waals surface area contributed by atoms with Crippen LogP contribution >= 0.6 is 0 Å². The van der Waals surface area contributed by atoms with Gasteiger partial charge in [0.25, 0.3) is 5.56 Å². The number of anilines is 1. The van der Waals surface area contributed by atoms with E-state index in [4.69, 9.17) is 0 Å². The summed E-state index contributed by atoms with van der Waals surface area (Å²) < 4.78 is 0. The predicted molar refractivity (Wildman–Crippen MR) is 48.5 cm³/mol. The summed E-state index contributed by atoms with van der Waals surface area (Å²) in [5.74, 6) is 0. The van der Waals surface area contributed by atoms with Crippen molar-refractivity contribution >= 4 is 5.69 Å². The Morgan fingerprint density at radius 2 is 2.25 bits per heavy atom. The van der Waals surface area contributed by atoms with Gasteiger partial charge >= 0.3 is 0 Å². The van der Waals surface area contributed by atoms with E-state index in [1.54, 1.807) is 6.20 Å². The second-order valence-electron chi connectivity index (χ2n) is 3.09. The van der Waals surface area contributed by atoms with E-state index in [1.165, 1.54) is 6.42 Å². The summed E-state index contributed by atoms with van der Waals surface area (Å²) in [7, 11) is 0. The average molecular weight is 164 g/mol. The molecule has 12 heavy (non-hydrogen) atoms. The van der Waals surface area contributed by atoms with Gasteiger partial charge < -0.3 is 10.3 Å². The first kappa shape index (κ1) is 7.40. The molecule has 3 nitrogen and oxygen atoms in total. The van der Waals surface area contributed by atoms with Gasteiger partial charge in [-0.25, -0.2) is 0 Å². The lowest BCUT2D eigenvalue weighted by Crippen LogP contribution is -2.14. The van der Waals surface area contributed by atoms with Gasteiger partial charge in [-0.3, -0.25) is 4.79 Å². The van der Waals surface area contributed by atoms with Gasteiger partial charge in [0, 0.05) is 12.7 Å². The fourth-order valence-corrected chi connectivity index (χ4v) is 1.58. The second-order valence-corrected chi connectivity index (χ2v) is 3.09. The van der Waals surface area contributed by atoms with E-state index in [1.807, 2.05) is 6.07 Å². The molecular weight excluding hydrogens is 152 g/mol. The van der Waals surface area contributed by atoms with E-state index in [2.05, 4.69) is 10.3 Å². The summed E-state index contributed by atoms with van der Waals surface area (Å²) in [5.41, 5.74) is 1.93. The van der Waals surface area contributed by atoms with Crippen LogP contribution in [0.5, 0.6) is 0 Å². The van der Waals surface area contributed by atoms with Gasteiger partial charge in [0.05, 0.1) is 0 Å². The molecule has 1 aromatic heterocycles. The largest absolute Gasteiger partial charge is 0.380 e. The zero-order chi connectivity index (χ0) is 8.39. The third-order valence-electron chi connectivity index (χ3n) is 2.22. The molecule has 0 radical (unpaired) electrons. The molecule has 2 heterocycles. The number of rotatable bonds is 0. The van der Waals surface area contributed by atoms with Crippen LogP contribution in [0.25, 0.3) is 0 Å². The number of H-pyrrole nitrogens is 1. The Kier molecular flexibility index (Phi) is 1.86. The van der Waals surface area contributed by atoms with Crippen LogP contribution in [-0.2, 0) is 6.42 Å². The van der Waals surface area contributed by atoms with Gasteiger partial charge in [0.2, 0.25) is 0 Å². The van der Waals surface area contributed by atoms with Crippen molar-refractivity contribution in [1.82, 2.24) is 4.98 Å². The van der Waals surface area contributed by atoms with Crippen LogP contribution in [0.2, 0.25) is 0 Å². The van der Waals surface area contributed by atoms with Gasteiger partial charge in [-0.1, -0.05) is 0 Å². The number of aromatic amines is 1. The molecule has 0 saturated carbocycles. The highest BCUT2D eigenvalue weighted by molar-refractivity contribution is 5.49. The van der Waals surface area contributed by atoms with Crippen molar-refractivity contribution in [3.63, 3.8) is 0 Å². The van der Waals surface area contributed by atoms with Gasteiger partial charge in [-0.15, -0.1) is 0 Å². The molecule has 2 rings (SSSR count). The Labute approximate surface area is 70.8 Å². The van der Waals surface area contributed by atoms with E-state index in [9.17, 15) is 4.79 Å². The van der Waals surface area contributed by atoms with Crippen LogP contribution in [0.4, 0.5) is 5.69 Å². The fraction of sp³-hybridized carbons (Fsp3) is 0.444. The Bertz CT molecular complexity index is 330. The Balaban J connectivity index is 2.49. The minimum absolute atomic E-state index is 0.00870. The van der Waals surface area contributed by atoms with Gasteiger partial charge in [0.15, 0.2) is 0 Å². The molecule has 0 amide bonds. The minimum Gasteiger partial charge on any atom is -0.380 e. The quantitative estimate of drug-likeness (QED) is 0.603. The number of pyridine rings is 1. The topological polar surface area (TPSA) is 44.9 Å². The molecule has 0 spiro atoms. The lowest BCUT2D eigenvalue weighted by Gasteiger charge is -2.03. The van der Waals surface area contributed by atoms with Crippen molar-refractivity contribution in [3.05, 3.63) is 28.2 Å². The lowest BCUT2D eigenvalue weighted by atomic mass is 10.1. The molecule has 0 saturated heterocycles. The summed E-state index contributed by atoms with van der Waals surface area (Å²) in [6.45, 7) is 0.917. The van der Waals surface area contributed by atoms with Crippen molar-refractivity contribution in [1.29, 1.82) is 0 Å². The van der Waals surface area contributed by atoms with Gasteiger partial charge in [-0.2, -0.15) is 0 Å². The normalized spacial score (nSPS) is 16.0. The molecule has 0 bridgehead atoms. The molecule has 1 aliphatic heterocycles. The van der Waals surface area contributed by atoms with Gasteiger partial charge in [0.1, 0.15) is 5.69 Å². The van der Waals surface area contributed by atoms with E-state index >= 15 is 0 Å². The Hall–Kier alpha value is -1.25. The van der Waals surface area contributed by atoms with Crippen molar-refractivity contribution in [2.75, 3.05) is 11.9 Å². The molecule has 3 heteroatoms. The SMILES string of the molecule is O=c1[nH]ccc2c1NCCCC2. The summed E-state index contributed by atoms with van der Waals surface area (Å²) in [4.78, 5) is 14.0. The zero-order valence-corrected chi connectivity index (χ0v) is 6.89. The third-order valence-corrected chi connectivity index (χ3v) is 2.22. The smallest absolute Gasteiger partial charge is 0.271 e. The van der Waals surface area contributed by atoms with E-state index in [-0.39, 0.29) is 5.56 Å². The Morgan fingerprint density at radius 1 is 1.33 bits per heavy atom. The zero-order valence-electron chi connectivity index (χ0n) is 6.89. The summed E-state index contributed by atoms with van der Waals surface area (Å²) >= 11 is 0. The predicted octanol–water partition coefficient (Wildman–Crippen LogP) is 1.12. The monoisotopic (exact) mass is 164 g/mol. The number of aryl methyl sites for hydroxylation is 1. The number of hydrogen-bond donors (Lipinski definition) is 2. The van der Waals surface area contributed by atoms with E-state index in [0.717, 1.165) is 30.6 Å². The third kappa shape index (κ3) is 1.22. The van der Waals surface area contributed by atoms with Crippen LogP contribution in [0, 0.1) is 0 Å². The van der Waals surface area contributed by atoms with Crippen molar-refractivity contribution in [2.24, 2.45) is 0 Å². The molecule has 0 aromatic carbocycles. The molecular formula is C9H12N2O. The number of hydrogen-bond acceptors (Lipinski definition) is 2. The molecule has 0 unspecified atom stereocenters. The maximum absolute atomic E-state index is 11.3. The summed E-state index contributed by atoms with van der Waals surface area (Å²) in [6, 6.07) is 1.98. The standard InChI is InChI=1S/C9H12N2O/c12-9-8-7(4-6-11-9)3-1-2-5-10-8/h4,6,10H,1-3,5H2,(H,11,12). The molecule has 0 fully saturated rings. The highest BCUT2D eigenvalue weighted by Crippen LogP contribution is 2.15. The molecule has 64 valence electrons. The van der Waals surface area contributed by atoms with Crippen molar-refractivity contribution in [2.45, 2.75) is 19.3 Å². The first-order chi connectivity index (χ1) is 5.88. The molecule has 1 aromatic rings. The molecule has 0 atom stereocenters. The number of fused-ring (bicyclic) bond motifs is 1. The maximum atomic E-state index is 11.3. The summed E-state index contributed by atoms with van der Waals surface area (Å²) in [6.07, 6.45) is 5.05. The number of aromatic nitrogens is 1. The minimum atomic E-state index is 0.00870. The van der Waals surface area contributed by atoms with E-state index in [0.29, 0.717) is 0 Å². The maximum Gasteiger partial charge on any atom is 0.271 e. The van der Waals surface area contributed by atoms with Crippen molar-refractivity contribution < 1.29 is 0 Å². The Morgan fingerprint density at radius 3 is 3.17 bits per heavy atom. The van der Waals surface area contributed by atoms with Crippen molar-refractivity contribution in [3.8, 4) is 0 Å². The van der Waals surface area contributed by atoms with Gasteiger partial charge in [-0.05, 0) is 30.9 Å². The fourth-order valence-electron chi connectivity index (χ4n) is 1.58. The summed E-state index contributed by atoms with van der Waals surface area (Å²) in [5, 5.41) is 3.15. The first-order valence-electron chi connectivity index (χ1n) is 4.32. The number of nitrogens with one attached hydrogen (secondary N) is 2. The van der Waals surface area contributed by atoms with E-state index < -0.39 is 0 Å². The van der Waals surface area contributed by atoms with Crippen LogP contribution in [0.3, 0.4) is 0 Å². The molecule has 2 N–H and O–H groups in total. The average Bonchev–Trinajstić information content (AvgIpc) is 2.30. The van der Waals surface area contributed by atoms with Crippen LogP contribution in [-0.4, -0.2) is 11.5 Å². The molecule has 1 aliphatic rings. The lowest BCUT2D eigenvalue weighted by molar-refractivity contribution is 0.785. The second kappa shape index (κ2) is 3.01. The highest BCUT2D eigenvalue weighted by Gasteiger charge is 2.08. The highest BCUT2D eigenvalue weighted by atomic mass is 16.1. The van der Waals surface area contributed by atoms with Crippen LogP contribution in [0.15, 0.2) is 17.1 Å².